The van der Waals surface area contributed by atoms with Gasteiger partial charge in [0.25, 0.3) is 0 Å². The van der Waals surface area contributed by atoms with Gasteiger partial charge >= 0.3 is 0 Å². The monoisotopic (exact) mass is 325 g/mol. The fourth-order valence-corrected chi connectivity index (χ4v) is 2.84. The molecule has 1 fully saturated rings. The number of carbonyl (C=O) groups is 1. The van der Waals surface area contributed by atoms with Gasteiger partial charge in [0.2, 0.25) is 5.78 Å². The average Bonchev–Trinajstić information content (AvgIpc) is 2.91. The number of carbonyl (C=O) groups excluding carboxylic acids is 1. The molecule has 1 aliphatic heterocycles. The number of hydrogen-bond acceptors (Lipinski definition) is 6. The van der Waals surface area contributed by atoms with E-state index in [1.807, 2.05) is 32.2 Å². The maximum Gasteiger partial charge on any atom is 0.213 e. The van der Waals surface area contributed by atoms with Crippen LogP contribution in [-0.2, 0) is 0 Å². The van der Waals surface area contributed by atoms with E-state index in [9.17, 15) is 4.79 Å². The summed E-state index contributed by atoms with van der Waals surface area (Å²) in [5.74, 6) is 0.770. The van der Waals surface area contributed by atoms with Gasteiger partial charge in [-0.25, -0.2) is 4.98 Å². The first-order valence-electron chi connectivity index (χ1n) is 8.31. The minimum Gasteiger partial charge on any atom is -0.387 e. The van der Waals surface area contributed by atoms with Crippen molar-refractivity contribution < 1.29 is 4.79 Å². The van der Waals surface area contributed by atoms with Gasteiger partial charge in [0, 0.05) is 37.9 Å². The van der Waals surface area contributed by atoms with E-state index in [0.29, 0.717) is 17.0 Å². The number of pyridine rings is 2. The van der Waals surface area contributed by atoms with Crippen LogP contribution in [-0.4, -0.2) is 49.0 Å². The van der Waals surface area contributed by atoms with E-state index in [2.05, 4.69) is 25.5 Å². The third kappa shape index (κ3) is 3.54. The molecule has 2 N–H and O–H groups in total. The Morgan fingerprint density at radius 1 is 1.29 bits per heavy atom. The lowest BCUT2D eigenvalue weighted by atomic mass is 10.1. The van der Waals surface area contributed by atoms with Crippen LogP contribution in [0.15, 0.2) is 30.5 Å². The Morgan fingerprint density at radius 2 is 2.17 bits per heavy atom. The molecule has 0 radical (unpaired) electrons. The van der Waals surface area contributed by atoms with Crippen LogP contribution in [0.5, 0.6) is 0 Å². The molecule has 0 aromatic carbocycles. The standard InChI is InChI=1S/C18H23N5O/c1-13-15(11-14(19-2)12-21-13)18(24)16-5-3-6-17(22-16)23-9-4-7-20-8-10-23/h3,5-6,11-12,19-20H,4,7-10H2,1-2H3. The van der Waals surface area contributed by atoms with E-state index in [0.717, 1.165) is 44.1 Å². The molecule has 0 bridgehead atoms. The van der Waals surface area contributed by atoms with E-state index in [1.54, 1.807) is 12.3 Å². The van der Waals surface area contributed by atoms with Crippen LogP contribution in [0.2, 0.25) is 0 Å². The van der Waals surface area contributed by atoms with Crippen molar-refractivity contribution in [1.29, 1.82) is 0 Å². The molecular weight excluding hydrogens is 302 g/mol. The Balaban J connectivity index is 1.89. The molecule has 0 spiro atoms. The molecule has 0 atom stereocenters. The second-order valence-electron chi connectivity index (χ2n) is 5.91. The lowest BCUT2D eigenvalue weighted by Crippen LogP contribution is -2.29. The summed E-state index contributed by atoms with van der Waals surface area (Å²) in [5.41, 5.74) is 2.58. The summed E-state index contributed by atoms with van der Waals surface area (Å²) in [4.78, 5) is 24.0. The summed E-state index contributed by atoms with van der Waals surface area (Å²) in [6.07, 6.45) is 2.80. The zero-order valence-corrected chi connectivity index (χ0v) is 14.2. The van der Waals surface area contributed by atoms with Crippen LogP contribution >= 0.6 is 0 Å². The van der Waals surface area contributed by atoms with Crippen molar-refractivity contribution in [1.82, 2.24) is 15.3 Å². The number of rotatable bonds is 4. The molecule has 6 nitrogen and oxygen atoms in total. The number of aryl methyl sites for hydroxylation is 1. The summed E-state index contributed by atoms with van der Waals surface area (Å²) in [5, 5.41) is 6.40. The van der Waals surface area contributed by atoms with Gasteiger partial charge in [0.15, 0.2) is 0 Å². The summed E-state index contributed by atoms with van der Waals surface area (Å²) < 4.78 is 0. The summed E-state index contributed by atoms with van der Waals surface area (Å²) >= 11 is 0. The van der Waals surface area contributed by atoms with Crippen LogP contribution in [0.1, 0.15) is 28.2 Å². The molecule has 0 amide bonds. The second-order valence-corrected chi connectivity index (χ2v) is 5.91. The number of anilines is 2. The Labute approximate surface area is 142 Å². The van der Waals surface area contributed by atoms with Crippen molar-refractivity contribution in [2.75, 3.05) is 43.4 Å². The first kappa shape index (κ1) is 16.4. The Kier molecular flexibility index (Phi) is 5.05. The highest BCUT2D eigenvalue weighted by Crippen LogP contribution is 2.18. The maximum absolute atomic E-state index is 12.9. The number of nitrogens with one attached hydrogen (secondary N) is 2. The van der Waals surface area contributed by atoms with Crippen LogP contribution in [0, 0.1) is 6.92 Å². The van der Waals surface area contributed by atoms with Gasteiger partial charge in [0.05, 0.1) is 11.9 Å². The van der Waals surface area contributed by atoms with E-state index in [4.69, 9.17) is 0 Å². The van der Waals surface area contributed by atoms with Gasteiger partial charge in [-0.15, -0.1) is 0 Å². The minimum absolute atomic E-state index is 0.0908. The van der Waals surface area contributed by atoms with Crippen LogP contribution < -0.4 is 15.5 Å². The zero-order chi connectivity index (χ0) is 16.9. The molecule has 3 heterocycles. The van der Waals surface area contributed by atoms with Crippen molar-refractivity contribution in [3.8, 4) is 0 Å². The quantitative estimate of drug-likeness (QED) is 0.836. The SMILES string of the molecule is CNc1cnc(C)c(C(=O)c2cccc(N3CCCNCC3)n2)c1. The van der Waals surface area contributed by atoms with Crippen molar-refractivity contribution in [3.05, 3.63) is 47.4 Å². The van der Waals surface area contributed by atoms with Crippen LogP contribution in [0.3, 0.4) is 0 Å². The first-order chi connectivity index (χ1) is 11.7. The van der Waals surface area contributed by atoms with Gasteiger partial charge in [-0.3, -0.25) is 9.78 Å². The third-order valence-electron chi connectivity index (χ3n) is 4.25. The molecule has 0 unspecified atom stereocenters. The first-order valence-corrected chi connectivity index (χ1v) is 8.31. The zero-order valence-electron chi connectivity index (χ0n) is 14.2. The van der Waals surface area contributed by atoms with Gasteiger partial charge < -0.3 is 15.5 Å². The molecular formula is C18H23N5O. The number of hydrogen-bond donors (Lipinski definition) is 2. The van der Waals surface area contributed by atoms with Crippen LogP contribution in [0.25, 0.3) is 0 Å². The summed E-state index contributed by atoms with van der Waals surface area (Å²) in [6.45, 7) is 5.66. The van der Waals surface area contributed by atoms with E-state index >= 15 is 0 Å². The van der Waals surface area contributed by atoms with E-state index in [1.165, 1.54) is 0 Å². The predicted molar refractivity (Wildman–Crippen MR) is 95.9 cm³/mol. The smallest absolute Gasteiger partial charge is 0.213 e. The fourth-order valence-electron chi connectivity index (χ4n) is 2.84. The summed E-state index contributed by atoms with van der Waals surface area (Å²) in [6, 6.07) is 7.47. The van der Waals surface area contributed by atoms with Gasteiger partial charge in [-0.2, -0.15) is 0 Å². The van der Waals surface area contributed by atoms with Gasteiger partial charge in [-0.1, -0.05) is 6.07 Å². The molecule has 2 aromatic rings. The van der Waals surface area contributed by atoms with Crippen molar-refractivity contribution in [2.24, 2.45) is 0 Å². The van der Waals surface area contributed by atoms with Crippen LogP contribution in [0.4, 0.5) is 11.5 Å². The molecule has 6 heteroatoms. The highest BCUT2D eigenvalue weighted by atomic mass is 16.1. The number of nitrogens with zero attached hydrogens (tertiary/aromatic N) is 3. The summed E-state index contributed by atoms with van der Waals surface area (Å²) in [7, 11) is 1.81. The Bertz CT molecular complexity index is 723. The lowest BCUT2D eigenvalue weighted by molar-refractivity contribution is 0.103. The van der Waals surface area contributed by atoms with E-state index in [-0.39, 0.29) is 5.78 Å². The van der Waals surface area contributed by atoms with Crippen molar-refractivity contribution in [2.45, 2.75) is 13.3 Å². The molecule has 0 saturated carbocycles. The van der Waals surface area contributed by atoms with Crippen molar-refractivity contribution in [3.63, 3.8) is 0 Å². The number of aromatic nitrogens is 2. The lowest BCUT2D eigenvalue weighted by Gasteiger charge is -2.21. The highest BCUT2D eigenvalue weighted by Gasteiger charge is 2.17. The third-order valence-corrected chi connectivity index (χ3v) is 4.25. The maximum atomic E-state index is 12.9. The fraction of sp³-hybridized carbons (Fsp3) is 0.389. The second kappa shape index (κ2) is 7.40. The predicted octanol–water partition coefficient (Wildman–Crippen LogP) is 1.86. The van der Waals surface area contributed by atoms with E-state index < -0.39 is 0 Å². The molecule has 3 rings (SSSR count). The van der Waals surface area contributed by atoms with Gasteiger partial charge in [0.1, 0.15) is 11.5 Å². The molecule has 2 aromatic heterocycles. The Morgan fingerprint density at radius 3 is 3.00 bits per heavy atom. The molecule has 1 saturated heterocycles. The molecule has 126 valence electrons. The minimum atomic E-state index is -0.0908. The Hall–Kier alpha value is -2.47. The average molecular weight is 325 g/mol. The topological polar surface area (TPSA) is 70.2 Å². The van der Waals surface area contributed by atoms with Gasteiger partial charge in [-0.05, 0) is 38.1 Å². The normalized spacial score (nSPS) is 15.0. The highest BCUT2D eigenvalue weighted by molar-refractivity contribution is 6.09. The molecule has 24 heavy (non-hydrogen) atoms. The van der Waals surface area contributed by atoms with Crippen molar-refractivity contribution >= 4 is 17.3 Å². The largest absolute Gasteiger partial charge is 0.387 e. The molecule has 1 aliphatic rings. The molecule has 0 aliphatic carbocycles. The number of ketones is 1.